The maximum absolute atomic E-state index is 12.2. The van der Waals surface area contributed by atoms with Crippen molar-refractivity contribution in [2.45, 2.75) is 4.90 Å². The Balaban J connectivity index is 2.44. The molecule has 0 aliphatic carbocycles. The quantitative estimate of drug-likeness (QED) is 0.756. The zero-order valence-electron chi connectivity index (χ0n) is 9.87. The van der Waals surface area contributed by atoms with Gasteiger partial charge < -0.3 is 14.4 Å². The second kappa shape index (κ2) is 4.71. The molecule has 1 N–H and O–H groups in total. The van der Waals surface area contributed by atoms with Crippen LogP contribution in [0, 0.1) is 0 Å². The number of hydrogen-bond acceptors (Lipinski definition) is 5. The third-order valence-corrected chi connectivity index (χ3v) is 4.61. The van der Waals surface area contributed by atoms with Gasteiger partial charge in [0.2, 0.25) is 10.0 Å². The number of aromatic hydroxyl groups is 1. The summed E-state index contributed by atoms with van der Waals surface area (Å²) < 4.78 is 31.9. The van der Waals surface area contributed by atoms with Crippen LogP contribution in [0.25, 0.3) is 0 Å². The first-order valence-electron chi connectivity index (χ1n) is 5.40. The number of aryl methyl sites for hydroxylation is 1. The van der Waals surface area contributed by atoms with Crippen molar-refractivity contribution in [3.05, 3.63) is 22.6 Å². The Morgan fingerprint density at radius 2 is 1.94 bits per heavy atom. The van der Waals surface area contributed by atoms with Crippen LogP contribution < -0.4 is 5.56 Å². The summed E-state index contributed by atoms with van der Waals surface area (Å²) in [5.74, 6) is -0.577. The molecule has 18 heavy (non-hydrogen) atoms. The smallest absolute Gasteiger partial charge is 0.292 e. The molecule has 100 valence electrons. The predicted molar refractivity (Wildman–Crippen MR) is 62.9 cm³/mol. The summed E-state index contributed by atoms with van der Waals surface area (Å²) in [6, 6.07) is 0.979. The molecule has 8 heteroatoms. The highest BCUT2D eigenvalue weighted by atomic mass is 32.2. The summed E-state index contributed by atoms with van der Waals surface area (Å²) in [6.07, 6.45) is 1.20. The van der Waals surface area contributed by atoms with Gasteiger partial charge in [0.05, 0.1) is 13.2 Å². The van der Waals surface area contributed by atoms with Crippen molar-refractivity contribution >= 4 is 10.0 Å². The van der Waals surface area contributed by atoms with Crippen LogP contribution in [0.2, 0.25) is 0 Å². The molecule has 1 aliphatic heterocycles. The molecule has 1 fully saturated rings. The molecule has 1 saturated heterocycles. The van der Waals surface area contributed by atoms with Gasteiger partial charge in [0.15, 0.2) is 5.75 Å². The van der Waals surface area contributed by atoms with E-state index in [1.807, 2.05) is 0 Å². The van der Waals surface area contributed by atoms with Crippen LogP contribution in [0.15, 0.2) is 22.0 Å². The number of nitrogens with zero attached hydrogens (tertiary/aromatic N) is 2. The lowest BCUT2D eigenvalue weighted by atomic mass is 10.4. The zero-order valence-corrected chi connectivity index (χ0v) is 10.7. The average molecular weight is 274 g/mol. The summed E-state index contributed by atoms with van der Waals surface area (Å²) in [5.41, 5.74) is -0.629. The molecule has 2 rings (SSSR count). The molecule has 0 bridgehead atoms. The highest BCUT2D eigenvalue weighted by molar-refractivity contribution is 7.89. The highest BCUT2D eigenvalue weighted by Crippen LogP contribution is 2.18. The van der Waals surface area contributed by atoms with Crippen molar-refractivity contribution in [2.75, 3.05) is 26.3 Å². The van der Waals surface area contributed by atoms with E-state index in [0.29, 0.717) is 13.2 Å². The molecule has 1 aliphatic rings. The van der Waals surface area contributed by atoms with Crippen molar-refractivity contribution in [3.63, 3.8) is 0 Å². The minimum absolute atomic E-state index is 0.0935. The number of sulfonamides is 1. The highest BCUT2D eigenvalue weighted by Gasteiger charge is 2.27. The number of hydrogen-bond donors (Lipinski definition) is 1. The Morgan fingerprint density at radius 1 is 1.33 bits per heavy atom. The number of ether oxygens (including phenoxy) is 1. The average Bonchev–Trinajstić information content (AvgIpc) is 2.36. The fraction of sp³-hybridized carbons (Fsp3) is 0.500. The van der Waals surface area contributed by atoms with Crippen molar-refractivity contribution in [3.8, 4) is 5.75 Å². The predicted octanol–water partition coefficient (Wildman–Crippen LogP) is -0.888. The molecular formula is C10H14N2O5S. The first-order chi connectivity index (χ1) is 8.43. The van der Waals surface area contributed by atoms with Gasteiger partial charge in [-0.3, -0.25) is 4.79 Å². The third-order valence-electron chi connectivity index (χ3n) is 2.75. The molecule has 7 nitrogen and oxygen atoms in total. The van der Waals surface area contributed by atoms with Crippen LogP contribution in [0.3, 0.4) is 0 Å². The van der Waals surface area contributed by atoms with E-state index < -0.39 is 21.3 Å². The van der Waals surface area contributed by atoms with Gasteiger partial charge in [-0.05, 0) is 0 Å². The molecule has 2 heterocycles. The van der Waals surface area contributed by atoms with E-state index in [1.54, 1.807) is 0 Å². The Labute approximate surface area is 104 Å². The lowest BCUT2D eigenvalue weighted by Crippen LogP contribution is -2.40. The SMILES string of the molecule is Cn1cc(S(=O)(=O)N2CCOCC2)cc(O)c1=O. The number of rotatable bonds is 2. The topological polar surface area (TPSA) is 88.8 Å². The summed E-state index contributed by atoms with van der Waals surface area (Å²) in [6.45, 7) is 1.23. The fourth-order valence-corrected chi connectivity index (χ4v) is 3.22. The second-order valence-corrected chi connectivity index (χ2v) is 5.93. The minimum atomic E-state index is -3.69. The van der Waals surface area contributed by atoms with Crippen LogP contribution in [0.4, 0.5) is 0 Å². The monoisotopic (exact) mass is 274 g/mol. The van der Waals surface area contributed by atoms with Gasteiger partial charge in [-0.15, -0.1) is 0 Å². The standard InChI is InChI=1S/C10H14N2O5S/c1-11-7-8(6-9(13)10(11)14)18(15,16)12-2-4-17-5-3-12/h6-7,13H,2-5H2,1H3. The van der Waals surface area contributed by atoms with Gasteiger partial charge in [-0.2, -0.15) is 4.31 Å². The van der Waals surface area contributed by atoms with Crippen molar-refractivity contribution in [1.82, 2.24) is 8.87 Å². The zero-order chi connectivity index (χ0) is 13.3. The van der Waals surface area contributed by atoms with Crippen LogP contribution in [0.1, 0.15) is 0 Å². The Kier molecular flexibility index (Phi) is 3.42. The van der Waals surface area contributed by atoms with Gasteiger partial charge >= 0.3 is 0 Å². The Morgan fingerprint density at radius 3 is 2.50 bits per heavy atom. The minimum Gasteiger partial charge on any atom is -0.503 e. The number of aromatic nitrogens is 1. The van der Waals surface area contributed by atoms with Crippen molar-refractivity contribution in [2.24, 2.45) is 7.05 Å². The fourth-order valence-electron chi connectivity index (χ4n) is 1.74. The van der Waals surface area contributed by atoms with Crippen LogP contribution in [-0.4, -0.2) is 48.7 Å². The lowest BCUT2D eigenvalue weighted by molar-refractivity contribution is 0.0730. The van der Waals surface area contributed by atoms with Crippen LogP contribution >= 0.6 is 0 Å². The largest absolute Gasteiger partial charge is 0.503 e. The van der Waals surface area contributed by atoms with E-state index in [4.69, 9.17) is 4.74 Å². The van der Waals surface area contributed by atoms with Gasteiger partial charge in [0, 0.05) is 32.4 Å². The Bertz CT molecular complexity index is 575. The number of pyridine rings is 1. The molecule has 0 saturated carbocycles. The Hall–Kier alpha value is -1.38. The van der Waals surface area contributed by atoms with Crippen molar-refractivity contribution < 1.29 is 18.3 Å². The molecular weight excluding hydrogens is 260 g/mol. The van der Waals surface area contributed by atoms with Crippen LogP contribution in [-0.2, 0) is 21.8 Å². The number of morpholine rings is 1. The first kappa shape index (κ1) is 13.1. The summed E-state index contributed by atoms with van der Waals surface area (Å²) in [5, 5.41) is 9.40. The van der Waals surface area contributed by atoms with E-state index in [1.165, 1.54) is 17.5 Å². The lowest BCUT2D eigenvalue weighted by Gasteiger charge is -2.26. The van der Waals surface area contributed by atoms with Gasteiger partial charge in [0.1, 0.15) is 4.90 Å². The van der Waals surface area contributed by atoms with E-state index in [-0.39, 0.29) is 18.0 Å². The first-order valence-corrected chi connectivity index (χ1v) is 6.84. The van der Waals surface area contributed by atoms with Crippen LogP contribution in [0.5, 0.6) is 5.75 Å². The molecule has 1 aromatic heterocycles. The van der Waals surface area contributed by atoms with E-state index in [0.717, 1.165) is 10.6 Å². The maximum Gasteiger partial charge on any atom is 0.292 e. The van der Waals surface area contributed by atoms with E-state index >= 15 is 0 Å². The summed E-state index contributed by atoms with van der Waals surface area (Å²) in [7, 11) is -2.30. The molecule has 0 aromatic carbocycles. The van der Waals surface area contributed by atoms with Crippen molar-refractivity contribution in [1.29, 1.82) is 0 Å². The molecule has 0 unspecified atom stereocenters. The van der Waals surface area contributed by atoms with Gasteiger partial charge in [-0.1, -0.05) is 0 Å². The molecule has 0 radical (unpaired) electrons. The van der Waals surface area contributed by atoms with E-state index in [9.17, 15) is 18.3 Å². The maximum atomic E-state index is 12.2. The molecule has 1 aromatic rings. The molecule has 0 spiro atoms. The second-order valence-electron chi connectivity index (χ2n) is 3.99. The third kappa shape index (κ3) is 2.26. The molecule has 0 amide bonds. The van der Waals surface area contributed by atoms with E-state index in [2.05, 4.69) is 0 Å². The van der Waals surface area contributed by atoms with Gasteiger partial charge in [-0.25, -0.2) is 8.42 Å². The summed E-state index contributed by atoms with van der Waals surface area (Å²) >= 11 is 0. The normalized spacial score (nSPS) is 17.8. The van der Waals surface area contributed by atoms with Gasteiger partial charge in [0.25, 0.3) is 5.56 Å². The molecule has 0 atom stereocenters. The summed E-state index contributed by atoms with van der Waals surface area (Å²) in [4.78, 5) is 11.2.